The van der Waals surface area contributed by atoms with E-state index in [4.69, 9.17) is 15.8 Å². The maximum atomic E-state index is 9.60. The van der Waals surface area contributed by atoms with E-state index in [1.54, 1.807) is 0 Å². The summed E-state index contributed by atoms with van der Waals surface area (Å²) >= 11 is -3.58. The van der Waals surface area contributed by atoms with Crippen molar-refractivity contribution in [1.29, 1.82) is 0 Å². The second kappa shape index (κ2) is 6.76. The topological polar surface area (TPSA) is 94.8 Å². The first kappa shape index (κ1) is 12.3. The number of aliphatic carboxylic acids is 1. The molecule has 0 heterocycles. The van der Waals surface area contributed by atoms with Gasteiger partial charge in [-0.25, -0.2) is 4.79 Å². The number of rotatable bonds is 1. The Labute approximate surface area is 64.7 Å². The molecule has 0 saturated heterocycles. The van der Waals surface area contributed by atoms with Crippen molar-refractivity contribution in [3.05, 3.63) is 12.2 Å². The Morgan fingerprint density at radius 3 is 1.60 bits per heavy atom. The Morgan fingerprint density at radius 2 is 1.60 bits per heavy atom. The fraction of sp³-hybridized carbons (Fsp3) is 0.250. The van der Waals surface area contributed by atoms with Gasteiger partial charge in [0.1, 0.15) is 0 Å². The Balaban J connectivity index is 0. The van der Waals surface area contributed by atoms with Gasteiger partial charge in [-0.3, -0.25) is 0 Å². The van der Waals surface area contributed by atoms with Crippen molar-refractivity contribution in [3.8, 4) is 0 Å². The van der Waals surface area contributed by atoms with Gasteiger partial charge in [-0.2, -0.15) is 0 Å². The first-order chi connectivity index (χ1) is 4.37. The zero-order valence-corrected chi connectivity index (χ0v) is 6.93. The Kier molecular flexibility index (Phi) is 8.34. The third-order valence-corrected chi connectivity index (χ3v) is 0.365. The van der Waals surface area contributed by atoms with Crippen LogP contribution in [0.15, 0.2) is 12.2 Å². The van der Waals surface area contributed by atoms with E-state index >= 15 is 0 Å². The monoisotopic (exact) mass is 184 g/mol. The number of carbonyl (C=O) groups is 1. The molecular weight excluding hydrogens is 176 g/mol. The summed E-state index contributed by atoms with van der Waals surface area (Å²) in [6.07, 6.45) is 0. The number of hydrogen-bond acceptors (Lipinski definition) is 2. The first-order valence-corrected chi connectivity index (χ1v) is 4.22. The van der Waals surface area contributed by atoms with Crippen molar-refractivity contribution in [2.75, 3.05) is 0 Å². The van der Waals surface area contributed by atoms with Gasteiger partial charge in [-0.1, -0.05) is 6.58 Å². The van der Waals surface area contributed by atoms with Crippen LogP contribution in [-0.2, 0) is 26.7 Å². The quantitative estimate of drug-likeness (QED) is 0.374. The molecule has 0 fully saturated rings. The molecule has 0 rings (SSSR count). The van der Waals surface area contributed by atoms with Crippen LogP contribution in [0.4, 0.5) is 0 Å². The second-order valence-electron chi connectivity index (χ2n) is 1.37. The van der Waals surface area contributed by atoms with Crippen molar-refractivity contribution < 1.29 is 39.2 Å². The molecule has 0 radical (unpaired) electrons. The molecule has 3 N–H and O–H groups in total. The van der Waals surface area contributed by atoms with Crippen LogP contribution in [0.1, 0.15) is 6.92 Å². The van der Waals surface area contributed by atoms with Crippen molar-refractivity contribution in [1.82, 2.24) is 0 Å². The van der Waals surface area contributed by atoms with Crippen molar-refractivity contribution in [2.45, 2.75) is 6.92 Å². The molecule has 0 aromatic rings. The van der Waals surface area contributed by atoms with Gasteiger partial charge in [0.15, 0.2) is 0 Å². The van der Waals surface area contributed by atoms with Crippen LogP contribution < -0.4 is 0 Å². The molecule has 58 valence electrons. The van der Waals surface area contributed by atoms with E-state index in [-0.39, 0.29) is 5.57 Å². The minimum atomic E-state index is -3.58. The van der Waals surface area contributed by atoms with Gasteiger partial charge in [-0.15, -0.1) is 0 Å². The van der Waals surface area contributed by atoms with Crippen molar-refractivity contribution in [2.24, 2.45) is 0 Å². The molecule has 0 amide bonds. The maximum absolute atomic E-state index is 9.60. The van der Waals surface area contributed by atoms with E-state index in [1.165, 1.54) is 6.92 Å². The van der Waals surface area contributed by atoms with Gasteiger partial charge in [0.05, 0.1) is 0 Å². The standard InChI is InChI=1S/C4H6O2.2H2O.O.Ti/c1-3(2)4(5)6;;;;/h1H2,2H3,(H,5,6);2*1H2;;/q;;;;+2/p-2. The first-order valence-electron chi connectivity index (χ1n) is 2.18. The average molecular weight is 184 g/mol. The number of carboxylic acids is 1. The number of carboxylic acid groups (broad SMARTS) is 1. The van der Waals surface area contributed by atoms with Gasteiger partial charge in [0.25, 0.3) is 0 Å². The Morgan fingerprint density at radius 1 is 1.50 bits per heavy atom. The summed E-state index contributed by atoms with van der Waals surface area (Å²) in [4.78, 5) is 9.60. The number of hydrogen-bond donors (Lipinski definition) is 3. The molecule has 0 atom stereocenters. The minimum absolute atomic E-state index is 0.176. The molecule has 0 unspecified atom stereocenters. The second-order valence-corrected chi connectivity index (χ2v) is 2.25. The predicted molar refractivity (Wildman–Crippen MR) is 27.6 cm³/mol. The van der Waals surface area contributed by atoms with Crippen LogP contribution in [0, 0.1) is 0 Å². The third-order valence-electron chi connectivity index (χ3n) is 0.365. The van der Waals surface area contributed by atoms with Crippen LogP contribution in [0.3, 0.4) is 0 Å². The van der Waals surface area contributed by atoms with Gasteiger partial charge in [0, 0.05) is 5.57 Å². The average Bonchev–Trinajstić information content (AvgIpc) is 1.63. The molecule has 10 heavy (non-hydrogen) atoms. The van der Waals surface area contributed by atoms with Crippen LogP contribution >= 0.6 is 0 Å². The van der Waals surface area contributed by atoms with E-state index < -0.39 is 24.6 Å². The summed E-state index contributed by atoms with van der Waals surface area (Å²) in [6.45, 7) is 4.60. The predicted octanol–water partition coefficient (Wildman–Crippen LogP) is -0.588. The van der Waals surface area contributed by atoms with E-state index in [0.717, 1.165) is 0 Å². The summed E-state index contributed by atoms with van der Waals surface area (Å²) in [5.74, 6) is -0.935. The SMILES string of the molecule is C=C(C)C(=O)O.[O]=[Ti]([OH])[OH]. The van der Waals surface area contributed by atoms with E-state index in [9.17, 15) is 4.79 Å². The molecular formula is C4H8O5Ti. The van der Waals surface area contributed by atoms with E-state index in [1.807, 2.05) is 0 Å². The molecule has 0 spiro atoms. The Bertz CT molecular complexity index is 136. The third kappa shape index (κ3) is 25.4. The zero-order chi connectivity index (χ0) is 8.73. The van der Waals surface area contributed by atoms with Gasteiger partial charge in [-0.05, 0) is 6.92 Å². The molecule has 0 aromatic carbocycles. The zero-order valence-electron chi connectivity index (χ0n) is 5.37. The van der Waals surface area contributed by atoms with Gasteiger partial charge >= 0.3 is 35.3 Å². The van der Waals surface area contributed by atoms with Gasteiger partial charge in [0.2, 0.25) is 0 Å². The normalized spacial score (nSPS) is 7.10. The molecule has 0 bridgehead atoms. The fourth-order valence-electron chi connectivity index (χ4n) is 0. The summed E-state index contributed by atoms with van der Waals surface area (Å²) in [7, 11) is 0. The summed E-state index contributed by atoms with van der Waals surface area (Å²) in [5, 5.41) is 7.89. The molecule has 0 aliphatic heterocycles. The van der Waals surface area contributed by atoms with Crippen molar-refractivity contribution >= 4 is 5.97 Å². The van der Waals surface area contributed by atoms with E-state index in [2.05, 4.69) is 6.58 Å². The van der Waals surface area contributed by atoms with Crippen LogP contribution in [0.2, 0.25) is 0 Å². The molecule has 0 aromatic heterocycles. The summed E-state index contributed by atoms with van der Waals surface area (Å²) in [5.41, 5.74) is 0.176. The molecule has 6 heteroatoms. The molecule has 5 nitrogen and oxygen atoms in total. The van der Waals surface area contributed by atoms with Crippen molar-refractivity contribution in [3.63, 3.8) is 0 Å². The molecule has 0 saturated carbocycles. The summed E-state index contributed by atoms with van der Waals surface area (Å²) in [6, 6.07) is 0. The molecule has 0 aliphatic rings. The van der Waals surface area contributed by atoms with Crippen LogP contribution in [-0.4, -0.2) is 18.5 Å². The molecule has 0 aliphatic carbocycles. The Hall–Kier alpha value is -0.356. The van der Waals surface area contributed by atoms with Gasteiger partial charge < -0.3 is 5.11 Å². The fourth-order valence-corrected chi connectivity index (χ4v) is 0. The van der Waals surface area contributed by atoms with E-state index in [0.29, 0.717) is 0 Å². The summed E-state index contributed by atoms with van der Waals surface area (Å²) < 4.78 is 23.2. The van der Waals surface area contributed by atoms with Crippen LogP contribution in [0.5, 0.6) is 0 Å². The van der Waals surface area contributed by atoms with Crippen LogP contribution in [0.25, 0.3) is 0 Å².